The number of rotatable bonds is 6. The summed E-state index contributed by atoms with van der Waals surface area (Å²) in [7, 11) is 0. The van der Waals surface area contributed by atoms with E-state index in [0.717, 1.165) is 38.2 Å². The molecule has 1 saturated heterocycles. The second kappa shape index (κ2) is 9.25. The molecule has 0 aliphatic carbocycles. The second-order valence-corrected chi connectivity index (χ2v) is 9.68. The molecule has 5 nitrogen and oxygen atoms in total. The Hall–Kier alpha value is -2.28. The Labute approximate surface area is 182 Å². The quantitative estimate of drug-likeness (QED) is 0.555. The molecule has 3 N–H and O–H groups in total. The van der Waals surface area contributed by atoms with Gasteiger partial charge in [0.05, 0.1) is 16.3 Å². The number of hydrogen-bond donors (Lipinski definition) is 3. The van der Waals surface area contributed by atoms with Gasteiger partial charge < -0.3 is 15.1 Å². The highest BCUT2D eigenvalue weighted by Crippen LogP contribution is 2.20. The first kappa shape index (κ1) is 21.0. The number of nitrogens with one attached hydrogen (secondary N) is 3. The Bertz CT molecular complexity index is 990. The number of para-hydroxylation sites is 1. The van der Waals surface area contributed by atoms with E-state index in [1.165, 1.54) is 31.3 Å². The molecular weight excluding hydrogens is 392 g/mol. The zero-order chi connectivity index (χ0) is 21.1. The standard InChI is InChI=1S/C24H30N4OS/c1-17-8-9-20(14-18(17)2)19(3)25-23(29)15-27-10-12-28(13-11-27)16-24-26-21-6-4-5-7-22(21)30-24/h4-9,14,19H,10-13,15-16H2,1-3H3,(H,25,29)/p+2/t19-/m1/s1. The van der Waals surface area contributed by atoms with Gasteiger partial charge in [0.25, 0.3) is 5.91 Å². The third kappa shape index (κ3) is 5.06. The number of quaternary nitrogens is 2. The summed E-state index contributed by atoms with van der Waals surface area (Å²) in [6, 6.07) is 14.8. The maximum atomic E-state index is 12.6. The predicted octanol–water partition coefficient (Wildman–Crippen LogP) is 1.07. The maximum absolute atomic E-state index is 12.6. The largest absolute Gasteiger partial charge is 0.345 e. The molecule has 1 atom stereocenters. The number of amides is 1. The molecule has 0 saturated carbocycles. The van der Waals surface area contributed by atoms with Gasteiger partial charge >= 0.3 is 0 Å². The number of hydrogen-bond acceptors (Lipinski definition) is 3. The third-order valence-electron chi connectivity index (χ3n) is 6.22. The number of carbonyl (C=O) groups excluding carboxylic acids is 1. The maximum Gasteiger partial charge on any atom is 0.275 e. The van der Waals surface area contributed by atoms with Crippen molar-refractivity contribution in [1.82, 2.24) is 10.3 Å². The van der Waals surface area contributed by atoms with E-state index in [1.54, 1.807) is 16.2 Å². The molecule has 1 aliphatic rings. The monoisotopic (exact) mass is 424 g/mol. The van der Waals surface area contributed by atoms with Crippen molar-refractivity contribution in [1.29, 1.82) is 0 Å². The molecule has 1 amide bonds. The number of thiazole rings is 1. The summed E-state index contributed by atoms with van der Waals surface area (Å²) in [6.07, 6.45) is 0. The Morgan fingerprint density at radius 3 is 2.53 bits per heavy atom. The first-order valence-electron chi connectivity index (χ1n) is 10.9. The van der Waals surface area contributed by atoms with Crippen LogP contribution in [-0.4, -0.2) is 43.6 Å². The average molecular weight is 425 g/mol. The van der Waals surface area contributed by atoms with Crippen LogP contribution in [0, 0.1) is 13.8 Å². The van der Waals surface area contributed by atoms with Crippen molar-refractivity contribution < 1.29 is 14.6 Å². The van der Waals surface area contributed by atoms with Crippen LogP contribution in [0.4, 0.5) is 0 Å². The Morgan fingerprint density at radius 2 is 1.80 bits per heavy atom. The van der Waals surface area contributed by atoms with Crippen molar-refractivity contribution in [3.05, 3.63) is 64.2 Å². The van der Waals surface area contributed by atoms with Gasteiger partial charge in [0.15, 0.2) is 6.54 Å². The lowest BCUT2D eigenvalue weighted by molar-refractivity contribution is -1.02. The normalized spacial score (nSPS) is 20.2. The molecule has 2 heterocycles. The fourth-order valence-electron chi connectivity index (χ4n) is 4.16. The van der Waals surface area contributed by atoms with Crippen LogP contribution in [0.3, 0.4) is 0 Å². The zero-order valence-electron chi connectivity index (χ0n) is 18.1. The molecule has 3 aromatic rings. The first-order valence-corrected chi connectivity index (χ1v) is 11.7. The van der Waals surface area contributed by atoms with E-state index in [4.69, 9.17) is 4.98 Å². The second-order valence-electron chi connectivity index (χ2n) is 8.56. The van der Waals surface area contributed by atoms with Crippen molar-refractivity contribution in [3.8, 4) is 0 Å². The number of aryl methyl sites for hydroxylation is 2. The van der Waals surface area contributed by atoms with Crippen molar-refractivity contribution >= 4 is 27.5 Å². The highest BCUT2D eigenvalue weighted by atomic mass is 32.1. The van der Waals surface area contributed by atoms with Gasteiger partial charge in [-0.15, -0.1) is 11.3 Å². The lowest BCUT2D eigenvalue weighted by Gasteiger charge is -2.29. The first-order chi connectivity index (χ1) is 14.5. The summed E-state index contributed by atoms with van der Waals surface area (Å²) in [6.45, 7) is 12.1. The molecule has 30 heavy (non-hydrogen) atoms. The third-order valence-corrected chi connectivity index (χ3v) is 7.26. The molecule has 0 radical (unpaired) electrons. The van der Waals surface area contributed by atoms with Gasteiger partial charge in [0, 0.05) is 0 Å². The minimum absolute atomic E-state index is 0.0437. The lowest BCUT2D eigenvalue weighted by Crippen LogP contribution is -3.28. The van der Waals surface area contributed by atoms with E-state index in [2.05, 4.69) is 62.5 Å². The molecule has 158 valence electrons. The van der Waals surface area contributed by atoms with Gasteiger partial charge in [-0.05, 0) is 49.6 Å². The van der Waals surface area contributed by atoms with Crippen LogP contribution in [0.15, 0.2) is 42.5 Å². The highest BCUT2D eigenvalue weighted by molar-refractivity contribution is 7.18. The average Bonchev–Trinajstić information content (AvgIpc) is 3.13. The van der Waals surface area contributed by atoms with E-state index in [-0.39, 0.29) is 11.9 Å². The SMILES string of the molecule is Cc1ccc([C@@H](C)NC(=O)C[NH+]2CC[NH+](Cc3nc4ccccc4s3)CC2)cc1C. The van der Waals surface area contributed by atoms with E-state index in [0.29, 0.717) is 6.54 Å². The van der Waals surface area contributed by atoms with Gasteiger partial charge in [-0.1, -0.05) is 30.3 Å². The molecular formula is C24H32N4OS+2. The van der Waals surface area contributed by atoms with Crippen LogP contribution >= 0.6 is 11.3 Å². The topological polar surface area (TPSA) is 50.9 Å². The molecule has 0 bridgehead atoms. The fraction of sp³-hybridized carbons (Fsp3) is 0.417. The molecule has 0 spiro atoms. The van der Waals surface area contributed by atoms with Crippen LogP contribution in [0.2, 0.25) is 0 Å². The van der Waals surface area contributed by atoms with Gasteiger partial charge in [0.1, 0.15) is 37.7 Å². The van der Waals surface area contributed by atoms with Gasteiger partial charge in [-0.25, -0.2) is 4.98 Å². The molecule has 2 aromatic carbocycles. The molecule has 1 fully saturated rings. The number of aromatic nitrogens is 1. The Kier molecular flexibility index (Phi) is 6.46. The molecule has 0 unspecified atom stereocenters. The summed E-state index contributed by atoms with van der Waals surface area (Å²) in [4.78, 5) is 20.3. The van der Waals surface area contributed by atoms with Gasteiger partial charge in [-0.2, -0.15) is 0 Å². The number of piperazine rings is 1. The fourth-order valence-corrected chi connectivity index (χ4v) is 5.20. The molecule has 4 rings (SSSR count). The van der Waals surface area contributed by atoms with Crippen molar-refractivity contribution in [2.24, 2.45) is 0 Å². The number of nitrogens with zero attached hydrogens (tertiary/aromatic N) is 1. The molecule has 1 aromatic heterocycles. The Balaban J connectivity index is 1.23. The Morgan fingerprint density at radius 1 is 1.07 bits per heavy atom. The van der Waals surface area contributed by atoms with Crippen LogP contribution in [0.5, 0.6) is 0 Å². The van der Waals surface area contributed by atoms with E-state index in [9.17, 15) is 4.79 Å². The van der Waals surface area contributed by atoms with Crippen molar-refractivity contribution in [2.45, 2.75) is 33.4 Å². The predicted molar refractivity (Wildman–Crippen MR) is 122 cm³/mol. The van der Waals surface area contributed by atoms with Crippen molar-refractivity contribution in [2.75, 3.05) is 32.7 Å². The molecule has 6 heteroatoms. The number of benzene rings is 2. The van der Waals surface area contributed by atoms with Gasteiger partial charge in [0.2, 0.25) is 0 Å². The van der Waals surface area contributed by atoms with Crippen LogP contribution in [-0.2, 0) is 11.3 Å². The van der Waals surface area contributed by atoms with E-state index in [1.807, 2.05) is 6.07 Å². The van der Waals surface area contributed by atoms with Crippen molar-refractivity contribution in [3.63, 3.8) is 0 Å². The smallest absolute Gasteiger partial charge is 0.275 e. The van der Waals surface area contributed by atoms with Crippen LogP contribution < -0.4 is 15.1 Å². The van der Waals surface area contributed by atoms with Gasteiger partial charge in [-0.3, -0.25) is 4.79 Å². The van der Waals surface area contributed by atoms with E-state index >= 15 is 0 Å². The summed E-state index contributed by atoms with van der Waals surface area (Å²) in [5, 5.41) is 4.40. The summed E-state index contributed by atoms with van der Waals surface area (Å²) in [5.41, 5.74) is 4.83. The highest BCUT2D eigenvalue weighted by Gasteiger charge is 2.26. The molecule has 1 aliphatic heterocycles. The summed E-state index contributed by atoms with van der Waals surface area (Å²) >= 11 is 1.81. The van der Waals surface area contributed by atoms with E-state index < -0.39 is 0 Å². The summed E-state index contributed by atoms with van der Waals surface area (Å²) in [5.74, 6) is 0.144. The van der Waals surface area contributed by atoms with Crippen LogP contribution in [0.1, 0.15) is 34.7 Å². The lowest BCUT2D eigenvalue weighted by atomic mass is 10.0. The minimum Gasteiger partial charge on any atom is -0.345 e. The number of fused-ring (bicyclic) bond motifs is 1. The zero-order valence-corrected chi connectivity index (χ0v) is 18.9. The minimum atomic E-state index is 0.0437. The summed E-state index contributed by atoms with van der Waals surface area (Å²) < 4.78 is 1.27. The van der Waals surface area contributed by atoms with Crippen LogP contribution in [0.25, 0.3) is 10.2 Å². The number of carbonyl (C=O) groups is 1.